The second kappa shape index (κ2) is 6.61. The summed E-state index contributed by atoms with van der Waals surface area (Å²) in [5.74, 6) is -0.707. The van der Waals surface area contributed by atoms with Crippen LogP contribution in [0.1, 0.15) is 33.6 Å². The van der Waals surface area contributed by atoms with Gasteiger partial charge in [-0.15, -0.1) is 0 Å². The molecule has 18 heavy (non-hydrogen) atoms. The fraction of sp³-hybridized carbons (Fsp3) is 0.846. The maximum absolute atomic E-state index is 11.9. The zero-order chi connectivity index (χ0) is 13.7. The van der Waals surface area contributed by atoms with E-state index in [9.17, 15) is 9.59 Å². The Kier molecular flexibility index (Phi) is 5.44. The van der Waals surface area contributed by atoms with E-state index in [2.05, 4.69) is 5.32 Å². The van der Waals surface area contributed by atoms with Crippen molar-refractivity contribution in [3.8, 4) is 0 Å². The third-order valence-electron chi connectivity index (χ3n) is 3.44. The van der Waals surface area contributed by atoms with E-state index in [0.29, 0.717) is 12.5 Å². The minimum atomic E-state index is -0.851. The van der Waals surface area contributed by atoms with E-state index in [1.165, 1.54) is 12.8 Å². The zero-order valence-electron chi connectivity index (χ0n) is 11.5. The van der Waals surface area contributed by atoms with Crippen molar-refractivity contribution in [3.05, 3.63) is 0 Å². The monoisotopic (exact) mass is 256 g/mol. The van der Waals surface area contributed by atoms with E-state index < -0.39 is 11.9 Å². The van der Waals surface area contributed by atoms with Crippen LogP contribution in [0.5, 0.6) is 0 Å². The Morgan fingerprint density at radius 3 is 2.39 bits per heavy atom. The lowest BCUT2D eigenvalue weighted by Crippen LogP contribution is -2.44. The number of carboxylic acids is 1. The first kappa shape index (κ1) is 14.8. The third kappa shape index (κ3) is 4.55. The van der Waals surface area contributed by atoms with Gasteiger partial charge in [0.15, 0.2) is 0 Å². The zero-order valence-corrected chi connectivity index (χ0v) is 11.5. The molecule has 0 aromatic rings. The van der Waals surface area contributed by atoms with Gasteiger partial charge in [0.25, 0.3) is 0 Å². The first-order valence-electron chi connectivity index (χ1n) is 6.71. The van der Waals surface area contributed by atoms with Crippen LogP contribution in [0.4, 0.5) is 4.79 Å². The molecule has 1 unspecified atom stereocenters. The van der Waals surface area contributed by atoms with E-state index in [4.69, 9.17) is 5.11 Å². The Balaban J connectivity index is 2.39. The fourth-order valence-corrected chi connectivity index (χ4v) is 1.88. The Hall–Kier alpha value is -1.26. The van der Waals surface area contributed by atoms with E-state index in [1.54, 1.807) is 4.90 Å². The largest absolute Gasteiger partial charge is 0.481 e. The number of aliphatic carboxylic acids is 1. The fourth-order valence-electron chi connectivity index (χ4n) is 1.88. The van der Waals surface area contributed by atoms with Crippen molar-refractivity contribution in [1.82, 2.24) is 10.2 Å². The molecule has 0 spiro atoms. The molecule has 1 rings (SSSR count). The molecule has 1 aliphatic carbocycles. The van der Waals surface area contributed by atoms with Crippen molar-refractivity contribution >= 4 is 12.0 Å². The second-order valence-electron chi connectivity index (χ2n) is 5.36. The van der Waals surface area contributed by atoms with Gasteiger partial charge in [-0.05, 0) is 31.6 Å². The number of nitrogens with zero attached hydrogens (tertiary/aromatic N) is 1. The van der Waals surface area contributed by atoms with Gasteiger partial charge in [-0.2, -0.15) is 0 Å². The van der Waals surface area contributed by atoms with E-state index in [1.807, 2.05) is 20.8 Å². The second-order valence-corrected chi connectivity index (χ2v) is 5.36. The highest BCUT2D eigenvalue weighted by Crippen LogP contribution is 2.29. The summed E-state index contributed by atoms with van der Waals surface area (Å²) in [6.45, 7) is 7.31. The Morgan fingerprint density at radius 2 is 2.00 bits per heavy atom. The summed E-state index contributed by atoms with van der Waals surface area (Å²) < 4.78 is 0. The standard InChI is InChI=1S/C13H24N2O3/c1-4-15(8-10-5-6-10)13(18)14-7-11(9(2)3)12(16)17/h9-11H,4-8H2,1-3H3,(H,14,18)(H,16,17). The van der Waals surface area contributed by atoms with E-state index >= 15 is 0 Å². The molecule has 5 nitrogen and oxygen atoms in total. The molecule has 0 bridgehead atoms. The molecule has 0 radical (unpaired) electrons. The number of carbonyl (C=O) groups is 2. The summed E-state index contributed by atoms with van der Waals surface area (Å²) in [6.07, 6.45) is 2.40. The Labute approximate surface area is 109 Å². The average molecular weight is 256 g/mol. The van der Waals surface area contributed by atoms with Gasteiger partial charge in [0.1, 0.15) is 0 Å². The maximum atomic E-state index is 11.9. The molecule has 0 aliphatic heterocycles. The smallest absolute Gasteiger partial charge is 0.317 e. The van der Waals surface area contributed by atoms with Gasteiger partial charge >= 0.3 is 12.0 Å². The van der Waals surface area contributed by atoms with Gasteiger partial charge in [0.2, 0.25) is 0 Å². The maximum Gasteiger partial charge on any atom is 0.317 e. The molecule has 1 aliphatic rings. The highest BCUT2D eigenvalue weighted by Gasteiger charge is 2.27. The highest BCUT2D eigenvalue weighted by molar-refractivity contribution is 5.76. The summed E-state index contributed by atoms with van der Waals surface area (Å²) in [5.41, 5.74) is 0. The van der Waals surface area contributed by atoms with E-state index in [0.717, 1.165) is 6.54 Å². The molecule has 0 heterocycles. The lowest BCUT2D eigenvalue weighted by Gasteiger charge is -2.23. The van der Waals surface area contributed by atoms with Crippen LogP contribution >= 0.6 is 0 Å². The van der Waals surface area contributed by atoms with Crippen LogP contribution in [0.2, 0.25) is 0 Å². The van der Waals surface area contributed by atoms with Gasteiger partial charge in [0.05, 0.1) is 5.92 Å². The number of hydrogen-bond acceptors (Lipinski definition) is 2. The topological polar surface area (TPSA) is 69.6 Å². The summed E-state index contributed by atoms with van der Waals surface area (Å²) in [7, 11) is 0. The minimum absolute atomic E-state index is 0.0151. The van der Waals surface area contributed by atoms with Gasteiger partial charge in [0, 0.05) is 19.6 Å². The molecular formula is C13H24N2O3. The van der Waals surface area contributed by atoms with Crippen LogP contribution in [0.15, 0.2) is 0 Å². The van der Waals surface area contributed by atoms with Crippen molar-refractivity contribution in [3.63, 3.8) is 0 Å². The number of nitrogens with one attached hydrogen (secondary N) is 1. The number of rotatable bonds is 7. The predicted molar refractivity (Wildman–Crippen MR) is 69.3 cm³/mol. The van der Waals surface area contributed by atoms with Gasteiger partial charge in [-0.1, -0.05) is 13.8 Å². The number of carboxylic acid groups (broad SMARTS) is 1. The van der Waals surface area contributed by atoms with Crippen LogP contribution in [0.25, 0.3) is 0 Å². The summed E-state index contributed by atoms with van der Waals surface area (Å²) in [6, 6.07) is -0.142. The summed E-state index contributed by atoms with van der Waals surface area (Å²) in [4.78, 5) is 24.7. The number of urea groups is 1. The first-order chi connectivity index (χ1) is 8.45. The minimum Gasteiger partial charge on any atom is -0.481 e. The molecule has 1 fully saturated rings. The molecule has 5 heteroatoms. The average Bonchev–Trinajstić information content (AvgIpc) is 3.08. The van der Waals surface area contributed by atoms with Gasteiger partial charge < -0.3 is 15.3 Å². The van der Waals surface area contributed by atoms with Gasteiger partial charge in [-0.3, -0.25) is 4.79 Å². The van der Waals surface area contributed by atoms with Crippen LogP contribution in [-0.4, -0.2) is 41.6 Å². The van der Waals surface area contributed by atoms with Crippen molar-refractivity contribution in [2.45, 2.75) is 33.6 Å². The normalized spacial score (nSPS) is 16.4. The molecule has 0 saturated heterocycles. The SMILES string of the molecule is CCN(CC1CC1)C(=O)NCC(C(=O)O)C(C)C. The van der Waals surface area contributed by atoms with Gasteiger partial charge in [-0.25, -0.2) is 4.79 Å². The molecule has 2 amide bonds. The molecule has 1 atom stereocenters. The van der Waals surface area contributed by atoms with Crippen molar-refractivity contribution in [2.24, 2.45) is 17.8 Å². The first-order valence-corrected chi connectivity index (χ1v) is 6.71. The summed E-state index contributed by atoms with van der Waals surface area (Å²) in [5, 5.41) is 11.8. The van der Waals surface area contributed by atoms with Crippen LogP contribution in [0, 0.1) is 17.8 Å². The lowest BCUT2D eigenvalue weighted by molar-refractivity contribution is -0.142. The molecular weight excluding hydrogens is 232 g/mol. The van der Waals surface area contributed by atoms with Crippen molar-refractivity contribution < 1.29 is 14.7 Å². The van der Waals surface area contributed by atoms with E-state index in [-0.39, 0.29) is 18.5 Å². The highest BCUT2D eigenvalue weighted by atomic mass is 16.4. The van der Waals surface area contributed by atoms with Crippen LogP contribution in [-0.2, 0) is 4.79 Å². The van der Waals surface area contributed by atoms with Crippen LogP contribution < -0.4 is 5.32 Å². The third-order valence-corrected chi connectivity index (χ3v) is 3.44. The lowest BCUT2D eigenvalue weighted by atomic mass is 9.96. The quantitative estimate of drug-likeness (QED) is 0.729. The van der Waals surface area contributed by atoms with Crippen LogP contribution in [0.3, 0.4) is 0 Å². The predicted octanol–water partition coefficient (Wildman–Crippen LogP) is 1.78. The van der Waals surface area contributed by atoms with Crippen molar-refractivity contribution in [2.75, 3.05) is 19.6 Å². The summed E-state index contributed by atoms with van der Waals surface area (Å²) >= 11 is 0. The molecule has 104 valence electrons. The Bertz CT molecular complexity index is 301. The molecule has 0 aromatic carbocycles. The molecule has 1 saturated carbocycles. The number of amides is 2. The molecule has 0 aromatic heterocycles. The number of carbonyl (C=O) groups excluding carboxylic acids is 1. The molecule has 2 N–H and O–H groups in total. The Morgan fingerprint density at radius 1 is 1.39 bits per heavy atom. The number of hydrogen-bond donors (Lipinski definition) is 2. The van der Waals surface area contributed by atoms with Crippen molar-refractivity contribution in [1.29, 1.82) is 0 Å².